The van der Waals surface area contributed by atoms with Crippen LogP contribution in [0.5, 0.6) is 0 Å². The normalized spacial score (nSPS) is 31.8. The average molecular weight is 363 g/mol. The molecule has 2 saturated carbocycles. The number of nitrogens with zero attached hydrogens (tertiary/aromatic N) is 2. The molecule has 0 bridgehead atoms. The van der Waals surface area contributed by atoms with Crippen molar-refractivity contribution in [3.8, 4) is 0 Å². The van der Waals surface area contributed by atoms with Gasteiger partial charge in [0.15, 0.2) is 0 Å². The van der Waals surface area contributed by atoms with E-state index in [1.807, 2.05) is 4.90 Å². The van der Waals surface area contributed by atoms with E-state index >= 15 is 0 Å². The first-order valence-electron chi connectivity index (χ1n) is 10.6. The molecule has 0 N–H and O–H groups in total. The minimum Gasteiger partial charge on any atom is -0.340 e. The number of hydrogen-bond donors (Lipinski definition) is 0. The summed E-state index contributed by atoms with van der Waals surface area (Å²) in [6, 6.07) is 0.376. The third-order valence-corrected chi connectivity index (χ3v) is 6.79. The first kappa shape index (κ1) is 19.4. The van der Waals surface area contributed by atoms with E-state index in [1.165, 1.54) is 17.7 Å². The van der Waals surface area contributed by atoms with E-state index in [1.54, 1.807) is 6.92 Å². The first-order chi connectivity index (χ1) is 12.5. The second-order valence-electron chi connectivity index (χ2n) is 8.66. The first-order valence-corrected chi connectivity index (χ1v) is 10.6. The molecule has 146 valence electrons. The molecule has 3 fully saturated rings. The van der Waals surface area contributed by atoms with E-state index in [4.69, 9.17) is 0 Å². The van der Waals surface area contributed by atoms with Crippen LogP contribution in [0.3, 0.4) is 0 Å². The molecule has 3 rings (SSSR count). The maximum Gasteiger partial charge on any atom is 0.233 e. The summed E-state index contributed by atoms with van der Waals surface area (Å²) in [4.78, 5) is 40.6. The molecule has 2 aliphatic carbocycles. The van der Waals surface area contributed by atoms with Crippen LogP contribution in [0.1, 0.15) is 78.1 Å². The molecule has 1 heterocycles. The van der Waals surface area contributed by atoms with Crippen molar-refractivity contribution in [2.45, 2.75) is 84.1 Å². The second kappa shape index (κ2) is 8.53. The lowest BCUT2D eigenvalue weighted by Gasteiger charge is -2.35. The van der Waals surface area contributed by atoms with E-state index in [0.29, 0.717) is 12.6 Å². The lowest BCUT2D eigenvalue weighted by atomic mass is 9.81. The fraction of sp³-hybridized carbons (Fsp3) is 0.857. The van der Waals surface area contributed by atoms with E-state index in [0.717, 1.165) is 63.8 Å². The molecule has 5 nitrogen and oxygen atoms in total. The molecule has 5 heteroatoms. The van der Waals surface area contributed by atoms with Crippen molar-refractivity contribution in [1.29, 1.82) is 0 Å². The SMILES string of the molecule is CC(=O)N(CCCCN1C(=O)C2CCCCC2C1=O)C1CCC(C)CC1. The molecule has 1 aliphatic heterocycles. The highest BCUT2D eigenvalue weighted by Gasteiger charge is 2.47. The summed E-state index contributed by atoms with van der Waals surface area (Å²) < 4.78 is 0. The van der Waals surface area contributed by atoms with Gasteiger partial charge in [0.2, 0.25) is 17.7 Å². The van der Waals surface area contributed by atoms with E-state index in [-0.39, 0.29) is 29.6 Å². The van der Waals surface area contributed by atoms with Gasteiger partial charge >= 0.3 is 0 Å². The number of amides is 3. The Hall–Kier alpha value is -1.39. The smallest absolute Gasteiger partial charge is 0.233 e. The predicted octanol–water partition coefficient (Wildman–Crippen LogP) is 3.37. The Morgan fingerprint density at radius 3 is 2.08 bits per heavy atom. The van der Waals surface area contributed by atoms with Crippen molar-refractivity contribution in [2.24, 2.45) is 17.8 Å². The fourth-order valence-corrected chi connectivity index (χ4v) is 5.15. The number of carbonyl (C=O) groups is 3. The van der Waals surface area contributed by atoms with E-state index in [9.17, 15) is 14.4 Å². The number of imide groups is 1. The van der Waals surface area contributed by atoms with Gasteiger partial charge < -0.3 is 4.90 Å². The maximum atomic E-state index is 12.5. The van der Waals surface area contributed by atoms with Crippen LogP contribution in [0.4, 0.5) is 0 Å². The molecule has 2 atom stereocenters. The minimum absolute atomic E-state index is 0.0470. The minimum atomic E-state index is -0.0470. The van der Waals surface area contributed by atoms with Gasteiger partial charge in [0, 0.05) is 26.1 Å². The highest BCUT2D eigenvalue weighted by atomic mass is 16.2. The van der Waals surface area contributed by atoms with Crippen LogP contribution in [0.2, 0.25) is 0 Å². The molecule has 0 aromatic heterocycles. The summed E-state index contributed by atoms with van der Waals surface area (Å²) in [5.74, 6) is 0.955. The maximum absolute atomic E-state index is 12.5. The Morgan fingerprint density at radius 1 is 0.962 bits per heavy atom. The summed E-state index contributed by atoms with van der Waals surface area (Å²) >= 11 is 0. The molecule has 0 spiro atoms. The van der Waals surface area contributed by atoms with Crippen molar-refractivity contribution < 1.29 is 14.4 Å². The lowest BCUT2D eigenvalue weighted by Crippen LogP contribution is -2.42. The Balaban J connectivity index is 1.46. The quantitative estimate of drug-likeness (QED) is 0.538. The predicted molar refractivity (Wildman–Crippen MR) is 100 cm³/mol. The van der Waals surface area contributed by atoms with Gasteiger partial charge in [-0.3, -0.25) is 19.3 Å². The third-order valence-electron chi connectivity index (χ3n) is 6.79. The largest absolute Gasteiger partial charge is 0.340 e. The Bertz CT molecular complexity index is 515. The Morgan fingerprint density at radius 2 is 1.54 bits per heavy atom. The Kier molecular flexibility index (Phi) is 6.36. The zero-order valence-corrected chi connectivity index (χ0v) is 16.4. The van der Waals surface area contributed by atoms with Gasteiger partial charge in [0.25, 0.3) is 0 Å². The van der Waals surface area contributed by atoms with Gasteiger partial charge in [0.05, 0.1) is 11.8 Å². The molecule has 0 radical (unpaired) electrons. The zero-order chi connectivity index (χ0) is 18.7. The summed E-state index contributed by atoms with van der Waals surface area (Å²) in [5.41, 5.74) is 0. The number of likely N-dealkylation sites (tertiary alicyclic amines) is 1. The van der Waals surface area contributed by atoms with Crippen LogP contribution < -0.4 is 0 Å². The van der Waals surface area contributed by atoms with Crippen molar-refractivity contribution in [2.75, 3.05) is 13.1 Å². The van der Waals surface area contributed by atoms with Crippen LogP contribution in [0, 0.1) is 17.8 Å². The van der Waals surface area contributed by atoms with Crippen LogP contribution in [-0.2, 0) is 14.4 Å². The van der Waals surface area contributed by atoms with Gasteiger partial charge in [-0.05, 0) is 57.3 Å². The average Bonchev–Trinajstić information content (AvgIpc) is 2.87. The molecular weight excluding hydrogens is 328 g/mol. The van der Waals surface area contributed by atoms with E-state index in [2.05, 4.69) is 6.92 Å². The van der Waals surface area contributed by atoms with Crippen molar-refractivity contribution in [3.63, 3.8) is 0 Å². The number of fused-ring (bicyclic) bond motifs is 1. The van der Waals surface area contributed by atoms with Crippen LogP contribution in [-0.4, -0.2) is 46.7 Å². The summed E-state index contributed by atoms with van der Waals surface area (Å²) in [6.45, 7) is 5.22. The van der Waals surface area contributed by atoms with E-state index < -0.39 is 0 Å². The number of unbranched alkanes of at least 4 members (excludes halogenated alkanes) is 1. The fourth-order valence-electron chi connectivity index (χ4n) is 5.15. The van der Waals surface area contributed by atoms with Gasteiger partial charge in [-0.2, -0.15) is 0 Å². The molecule has 1 saturated heterocycles. The number of rotatable bonds is 6. The molecule has 0 aromatic carbocycles. The molecule has 3 amide bonds. The van der Waals surface area contributed by atoms with Gasteiger partial charge in [-0.15, -0.1) is 0 Å². The molecular formula is C21H34N2O3. The van der Waals surface area contributed by atoms with Gasteiger partial charge in [0.1, 0.15) is 0 Å². The van der Waals surface area contributed by atoms with Gasteiger partial charge in [-0.25, -0.2) is 0 Å². The standard InChI is InChI=1S/C21H34N2O3/c1-15-9-11-17(12-10-15)22(16(2)24)13-5-6-14-23-20(25)18-7-3-4-8-19(18)21(23)26/h15,17-19H,3-14H2,1-2H3. The van der Waals surface area contributed by atoms with Crippen LogP contribution in [0.15, 0.2) is 0 Å². The highest BCUT2D eigenvalue weighted by molar-refractivity contribution is 6.05. The van der Waals surface area contributed by atoms with Crippen LogP contribution >= 0.6 is 0 Å². The van der Waals surface area contributed by atoms with Crippen molar-refractivity contribution in [1.82, 2.24) is 9.80 Å². The zero-order valence-electron chi connectivity index (χ0n) is 16.4. The van der Waals surface area contributed by atoms with Crippen LogP contribution in [0.25, 0.3) is 0 Å². The summed E-state index contributed by atoms with van der Waals surface area (Å²) in [5, 5.41) is 0. The number of carbonyl (C=O) groups excluding carboxylic acids is 3. The van der Waals surface area contributed by atoms with Gasteiger partial charge in [-0.1, -0.05) is 19.8 Å². The summed E-state index contributed by atoms with van der Waals surface area (Å²) in [6.07, 6.45) is 10.2. The molecule has 0 aromatic rings. The third kappa shape index (κ3) is 4.12. The topological polar surface area (TPSA) is 57.7 Å². The highest BCUT2D eigenvalue weighted by Crippen LogP contribution is 2.38. The monoisotopic (exact) mass is 362 g/mol. The summed E-state index contributed by atoms with van der Waals surface area (Å²) in [7, 11) is 0. The number of hydrogen-bond acceptors (Lipinski definition) is 3. The lowest BCUT2D eigenvalue weighted by molar-refractivity contribution is -0.140. The second-order valence-corrected chi connectivity index (χ2v) is 8.66. The Labute approximate surface area is 157 Å². The molecule has 26 heavy (non-hydrogen) atoms. The molecule has 2 unspecified atom stereocenters. The molecule has 3 aliphatic rings. The van der Waals surface area contributed by atoms with Crippen molar-refractivity contribution in [3.05, 3.63) is 0 Å². The van der Waals surface area contributed by atoms with Crippen molar-refractivity contribution >= 4 is 17.7 Å².